The van der Waals surface area contributed by atoms with E-state index >= 15 is 0 Å². The largest absolute Gasteiger partial charge is 0.453 e. The molecule has 92 valence electrons. The minimum Gasteiger partial charge on any atom is -0.453 e. The molecular weight excluding hydrogens is 212 g/mol. The van der Waals surface area contributed by atoms with Crippen molar-refractivity contribution < 1.29 is 19.1 Å². The van der Waals surface area contributed by atoms with Crippen LogP contribution in [0.5, 0.6) is 0 Å². The van der Waals surface area contributed by atoms with Crippen molar-refractivity contribution in [1.29, 1.82) is 0 Å². The molecule has 1 aliphatic heterocycles. The van der Waals surface area contributed by atoms with Gasteiger partial charge in [0.05, 0.1) is 26.3 Å². The third kappa shape index (κ3) is 2.37. The number of ether oxygens (including phenoxy) is 2. The molecule has 0 spiro atoms. The predicted molar refractivity (Wildman–Crippen MR) is 57.1 cm³/mol. The highest BCUT2D eigenvalue weighted by atomic mass is 16.5. The standard InChI is InChI=1S/C10H18N2O4/c1-7-5-12(10(14)16-4)8(2)6-11(7)9(13)15-3/h7-8H,5-6H2,1-4H3/t7-,8-/m1/s1. The second-order valence-electron chi connectivity index (χ2n) is 3.94. The van der Waals surface area contributed by atoms with Crippen molar-refractivity contribution in [2.45, 2.75) is 25.9 Å². The molecule has 1 aliphatic rings. The Bertz CT molecular complexity index is 254. The monoisotopic (exact) mass is 230 g/mol. The van der Waals surface area contributed by atoms with Crippen molar-refractivity contribution in [3.8, 4) is 0 Å². The maximum absolute atomic E-state index is 11.4. The number of amides is 2. The fraction of sp³-hybridized carbons (Fsp3) is 0.800. The van der Waals surface area contributed by atoms with Crippen LogP contribution in [0.1, 0.15) is 13.8 Å². The van der Waals surface area contributed by atoms with Crippen LogP contribution in [-0.4, -0.2) is 61.4 Å². The van der Waals surface area contributed by atoms with Crippen LogP contribution in [0.4, 0.5) is 9.59 Å². The Balaban J connectivity index is 2.70. The van der Waals surface area contributed by atoms with Gasteiger partial charge >= 0.3 is 12.2 Å². The van der Waals surface area contributed by atoms with E-state index in [0.29, 0.717) is 13.1 Å². The molecule has 1 heterocycles. The minimum absolute atomic E-state index is 0.0669. The number of hydrogen-bond acceptors (Lipinski definition) is 4. The quantitative estimate of drug-likeness (QED) is 0.620. The zero-order chi connectivity index (χ0) is 12.3. The van der Waals surface area contributed by atoms with E-state index in [1.165, 1.54) is 14.2 Å². The molecule has 6 heteroatoms. The summed E-state index contributed by atoms with van der Waals surface area (Å²) in [6.07, 6.45) is -0.715. The summed E-state index contributed by atoms with van der Waals surface area (Å²) in [6, 6.07) is -0.134. The van der Waals surface area contributed by atoms with Gasteiger partial charge in [-0.15, -0.1) is 0 Å². The molecule has 1 fully saturated rings. The molecule has 0 aromatic heterocycles. The van der Waals surface area contributed by atoms with Gasteiger partial charge in [0.2, 0.25) is 0 Å². The first kappa shape index (κ1) is 12.6. The van der Waals surface area contributed by atoms with Crippen LogP contribution in [-0.2, 0) is 9.47 Å². The average molecular weight is 230 g/mol. The second kappa shape index (κ2) is 5.05. The van der Waals surface area contributed by atoms with Crippen LogP contribution in [0.3, 0.4) is 0 Å². The van der Waals surface area contributed by atoms with Crippen molar-refractivity contribution in [1.82, 2.24) is 9.80 Å². The highest BCUT2D eigenvalue weighted by Gasteiger charge is 2.35. The van der Waals surface area contributed by atoms with E-state index in [1.807, 2.05) is 13.8 Å². The Hall–Kier alpha value is -1.46. The topological polar surface area (TPSA) is 59.1 Å². The van der Waals surface area contributed by atoms with Crippen LogP contribution in [0.15, 0.2) is 0 Å². The molecule has 16 heavy (non-hydrogen) atoms. The summed E-state index contributed by atoms with van der Waals surface area (Å²) >= 11 is 0. The first-order chi connectivity index (χ1) is 7.51. The summed E-state index contributed by atoms with van der Waals surface area (Å²) in [4.78, 5) is 26.1. The summed E-state index contributed by atoms with van der Waals surface area (Å²) in [5.41, 5.74) is 0. The Labute approximate surface area is 95.1 Å². The second-order valence-corrected chi connectivity index (χ2v) is 3.94. The number of hydrogen-bond donors (Lipinski definition) is 0. The van der Waals surface area contributed by atoms with Gasteiger partial charge in [0.15, 0.2) is 0 Å². The number of methoxy groups -OCH3 is 2. The van der Waals surface area contributed by atoms with Gasteiger partial charge in [0.1, 0.15) is 0 Å². The number of carbonyl (C=O) groups is 2. The van der Waals surface area contributed by atoms with Crippen LogP contribution >= 0.6 is 0 Å². The summed E-state index contributed by atoms with van der Waals surface area (Å²) in [6.45, 7) is 4.67. The molecule has 2 amide bonds. The number of nitrogens with zero attached hydrogens (tertiary/aromatic N) is 2. The average Bonchev–Trinajstić information content (AvgIpc) is 2.29. The molecule has 0 aromatic carbocycles. The molecular formula is C10H18N2O4. The maximum Gasteiger partial charge on any atom is 0.409 e. The van der Waals surface area contributed by atoms with Crippen molar-refractivity contribution in [3.05, 3.63) is 0 Å². The van der Waals surface area contributed by atoms with Crippen LogP contribution < -0.4 is 0 Å². The Morgan fingerprint density at radius 2 is 1.25 bits per heavy atom. The maximum atomic E-state index is 11.4. The smallest absolute Gasteiger partial charge is 0.409 e. The lowest BCUT2D eigenvalue weighted by atomic mass is 10.1. The van der Waals surface area contributed by atoms with E-state index in [0.717, 1.165) is 0 Å². The van der Waals surface area contributed by atoms with E-state index in [-0.39, 0.29) is 24.3 Å². The van der Waals surface area contributed by atoms with Gasteiger partial charge in [-0.1, -0.05) is 0 Å². The molecule has 0 bridgehead atoms. The van der Waals surface area contributed by atoms with Gasteiger partial charge in [-0.3, -0.25) is 0 Å². The molecule has 0 radical (unpaired) electrons. The highest BCUT2D eigenvalue weighted by Crippen LogP contribution is 2.16. The zero-order valence-electron chi connectivity index (χ0n) is 10.1. The van der Waals surface area contributed by atoms with Gasteiger partial charge in [-0.2, -0.15) is 0 Å². The molecule has 0 aliphatic carbocycles. The fourth-order valence-corrected chi connectivity index (χ4v) is 1.87. The van der Waals surface area contributed by atoms with E-state index in [4.69, 9.17) is 0 Å². The lowest BCUT2D eigenvalue weighted by Crippen LogP contribution is -2.59. The van der Waals surface area contributed by atoms with Crippen molar-refractivity contribution in [3.63, 3.8) is 0 Å². The molecule has 1 rings (SSSR count). The van der Waals surface area contributed by atoms with E-state index in [9.17, 15) is 9.59 Å². The lowest BCUT2D eigenvalue weighted by Gasteiger charge is -2.42. The molecule has 0 saturated carbocycles. The summed E-state index contributed by atoms with van der Waals surface area (Å²) < 4.78 is 9.37. The van der Waals surface area contributed by atoms with Crippen LogP contribution in [0.2, 0.25) is 0 Å². The number of piperazine rings is 1. The molecule has 0 aromatic rings. The van der Waals surface area contributed by atoms with Gasteiger partial charge in [0, 0.05) is 13.1 Å². The third-order valence-electron chi connectivity index (χ3n) is 2.80. The summed E-state index contributed by atoms with van der Waals surface area (Å²) in [7, 11) is 2.71. The number of carbonyl (C=O) groups excluding carboxylic acids is 2. The molecule has 1 saturated heterocycles. The van der Waals surface area contributed by atoms with Gasteiger partial charge < -0.3 is 19.3 Å². The summed E-state index contributed by atoms with van der Waals surface area (Å²) in [5.74, 6) is 0. The van der Waals surface area contributed by atoms with E-state index in [2.05, 4.69) is 9.47 Å². The minimum atomic E-state index is -0.358. The molecule has 0 N–H and O–H groups in total. The summed E-state index contributed by atoms with van der Waals surface area (Å²) in [5, 5.41) is 0. The number of rotatable bonds is 0. The predicted octanol–water partition coefficient (Wildman–Crippen LogP) is 0.914. The Morgan fingerprint density at radius 3 is 1.50 bits per heavy atom. The van der Waals surface area contributed by atoms with Crippen molar-refractivity contribution in [2.24, 2.45) is 0 Å². The SMILES string of the molecule is COC(=O)N1C[C@@H](C)N(C(=O)OC)C[C@H]1C. The highest BCUT2D eigenvalue weighted by molar-refractivity contribution is 5.70. The molecule has 0 unspecified atom stereocenters. The Morgan fingerprint density at radius 1 is 0.938 bits per heavy atom. The zero-order valence-corrected chi connectivity index (χ0v) is 10.1. The van der Waals surface area contributed by atoms with Crippen LogP contribution in [0.25, 0.3) is 0 Å². The van der Waals surface area contributed by atoms with Gasteiger partial charge in [-0.05, 0) is 13.8 Å². The van der Waals surface area contributed by atoms with E-state index in [1.54, 1.807) is 9.80 Å². The van der Waals surface area contributed by atoms with Crippen LogP contribution in [0, 0.1) is 0 Å². The van der Waals surface area contributed by atoms with Crippen molar-refractivity contribution in [2.75, 3.05) is 27.3 Å². The van der Waals surface area contributed by atoms with Crippen molar-refractivity contribution >= 4 is 12.2 Å². The fourth-order valence-electron chi connectivity index (χ4n) is 1.87. The van der Waals surface area contributed by atoms with E-state index < -0.39 is 0 Å². The van der Waals surface area contributed by atoms with Gasteiger partial charge in [0.25, 0.3) is 0 Å². The third-order valence-corrected chi connectivity index (χ3v) is 2.80. The Kier molecular flexibility index (Phi) is 3.98. The van der Waals surface area contributed by atoms with Gasteiger partial charge in [-0.25, -0.2) is 9.59 Å². The lowest BCUT2D eigenvalue weighted by molar-refractivity contribution is 0.0318. The molecule has 6 nitrogen and oxygen atoms in total. The normalized spacial score (nSPS) is 25.2. The first-order valence-corrected chi connectivity index (χ1v) is 5.20. The molecule has 2 atom stereocenters. The first-order valence-electron chi connectivity index (χ1n) is 5.20.